The van der Waals surface area contributed by atoms with Crippen molar-refractivity contribution in [3.63, 3.8) is 0 Å². The highest BCUT2D eigenvalue weighted by Gasteiger charge is 1.96. The number of nitrogens with zero attached hydrogens (tertiary/aromatic N) is 3. The lowest BCUT2D eigenvalue weighted by molar-refractivity contribution is -0.120. The molecule has 20 heavy (non-hydrogen) atoms. The fourth-order valence-electron chi connectivity index (χ4n) is 1.58. The Morgan fingerprint density at radius 3 is 1.85 bits per heavy atom. The van der Waals surface area contributed by atoms with Crippen LogP contribution in [0, 0.1) is 0 Å². The van der Waals surface area contributed by atoms with Gasteiger partial charge < -0.3 is 9.64 Å². The van der Waals surface area contributed by atoms with Crippen molar-refractivity contribution >= 4 is 23.5 Å². The van der Waals surface area contributed by atoms with Gasteiger partial charge in [0.15, 0.2) is 0 Å². The molecule has 2 aromatic carbocycles. The summed E-state index contributed by atoms with van der Waals surface area (Å²) < 4.78 is 4.70. The van der Waals surface area contributed by atoms with E-state index < -0.39 is 0 Å². The van der Waals surface area contributed by atoms with Crippen molar-refractivity contribution in [2.45, 2.75) is 0 Å². The summed E-state index contributed by atoms with van der Waals surface area (Å²) in [6.07, 6.45) is 0. The Morgan fingerprint density at radius 2 is 1.40 bits per heavy atom. The van der Waals surface area contributed by atoms with Gasteiger partial charge in [-0.1, -0.05) is 0 Å². The largest absolute Gasteiger partial charge is 0.429 e. The zero-order valence-corrected chi connectivity index (χ0v) is 11.4. The van der Waals surface area contributed by atoms with Crippen LogP contribution in [-0.4, -0.2) is 20.6 Å². The molecule has 0 unspecified atom stereocenters. The molecule has 0 N–H and O–H groups in total. The molecule has 2 rings (SSSR count). The summed E-state index contributed by atoms with van der Waals surface area (Å²) in [7, 11) is 3.97. The van der Waals surface area contributed by atoms with E-state index in [1.165, 1.54) is 0 Å². The first-order valence-corrected chi connectivity index (χ1v) is 6.08. The number of anilines is 1. The predicted octanol–water partition coefficient (Wildman–Crippen LogP) is 3.70. The van der Waals surface area contributed by atoms with Crippen LogP contribution in [0.5, 0.6) is 5.75 Å². The average molecular weight is 269 g/mol. The molecule has 5 heteroatoms. The molecule has 0 aromatic heterocycles. The monoisotopic (exact) mass is 269 g/mol. The topological polar surface area (TPSA) is 54.3 Å². The first-order valence-electron chi connectivity index (χ1n) is 6.08. The number of azo groups is 1. The minimum atomic E-state index is 0.392. The average Bonchev–Trinajstić information content (AvgIpc) is 2.47. The number of hydrogen-bond donors (Lipinski definition) is 0. The van der Waals surface area contributed by atoms with E-state index in [-0.39, 0.29) is 0 Å². The zero-order chi connectivity index (χ0) is 14.4. The summed E-state index contributed by atoms with van der Waals surface area (Å²) in [6, 6.07) is 14.6. The van der Waals surface area contributed by atoms with E-state index in [1.54, 1.807) is 24.3 Å². The Hall–Kier alpha value is -2.69. The smallest absolute Gasteiger partial charge is 0.298 e. The van der Waals surface area contributed by atoms with Gasteiger partial charge >= 0.3 is 0 Å². The Kier molecular flexibility index (Phi) is 4.44. The van der Waals surface area contributed by atoms with Gasteiger partial charge in [-0.2, -0.15) is 10.2 Å². The van der Waals surface area contributed by atoms with Gasteiger partial charge in [-0.25, -0.2) is 0 Å². The molecule has 5 nitrogen and oxygen atoms in total. The van der Waals surface area contributed by atoms with Gasteiger partial charge in [0.25, 0.3) is 6.47 Å². The number of carbonyl (C=O) groups excluding carboxylic acids is 1. The summed E-state index contributed by atoms with van der Waals surface area (Å²) in [5, 5.41) is 8.27. The van der Waals surface area contributed by atoms with Gasteiger partial charge in [0.2, 0.25) is 0 Å². The van der Waals surface area contributed by atoms with Crippen LogP contribution in [0.15, 0.2) is 58.8 Å². The summed E-state index contributed by atoms with van der Waals surface area (Å²) in [6.45, 7) is 0.392. The zero-order valence-electron chi connectivity index (χ0n) is 11.4. The second-order valence-electron chi connectivity index (χ2n) is 4.32. The highest BCUT2D eigenvalue weighted by molar-refractivity contribution is 5.52. The number of carbonyl (C=O) groups is 1. The molecule has 2 aromatic rings. The quantitative estimate of drug-likeness (QED) is 0.614. The maximum atomic E-state index is 10.2. The molecule has 0 spiro atoms. The van der Waals surface area contributed by atoms with Gasteiger partial charge in [0.05, 0.1) is 11.4 Å². The number of rotatable bonds is 5. The molecular formula is C15H15N3O2. The third kappa shape index (κ3) is 3.65. The Bertz CT molecular complexity index is 590. The molecule has 0 heterocycles. The lowest BCUT2D eigenvalue weighted by atomic mass is 10.3. The van der Waals surface area contributed by atoms with E-state index in [0.717, 1.165) is 11.4 Å². The van der Waals surface area contributed by atoms with Gasteiger partial charge in [-0.3, -0.25) is 4.79 Å². The van der Waals surface area contributed by atoms with E-state index in [4.69, 9.17) is 4.74 Å². The lowest BCUT2D eigenvalue weighted by Crippen LogP contribution is -2.07. The molecule has 0 atom stereocenters. The summed E-state index contributed by atoms with van der Waals surface area (Å²) in [5.74, 6) is 0.481. The molecule has 0 amide bonds. The molecule has 102 valence electrons. The summed E-state index contributed by atoms with van der Waals surface area (Å²) in [5.41, 5.74) is 2.59. The maximum Gasteiger partial charge on any atom is 0.298 e. The van der Waals surface area contributed by atoms with Crippen molar-refractivity contribution in [3.05, 3.63) is 48.5 Å². The second-order valence-corrected chi connectivity index (χ2v) is 4.32. The molecule has 0 saturated heterocycles. The van der Waals surface area contributed by atoms with Crippen LogP contribution in [0.4, 0.5) is 17.1 Å². The van der Waals surface area contributed by atoms with Crippen molar-refractivity contribution in [1.29, 1.82) is 0 Å². The molecule has 0 saturated carbocycles. The highest BCUT2D eigenvalue weighted by Crippen LogP contribution is 2.22. The predicted molar refractivity (Wildman–Crippen MR) is 78.1 cm³/mol. The van der Waals surface area contributed by atoms with Gasteiger partial charge in [0.1, 0.15) is 5.75 Å². The van der Waals surface area contributed by atoms with E-state index in [0.29, 0.717) is 17.9 Å². The van der Waals surface area contributed by atoms with E-state index >= 15 is 0 Å². The Morgan fingerprint density at radius 1 is 0.900 bits per heavy atom. The fourth-order valence-corrected chi connectivity index (χ4v) is 1.58. The number of benzene rings is 2. The van der Waals surface area contributed by atoms with E-state index in [2.05, 4.69) is 10.2 Å². The normalized spacial score (nSPS) is 10.5. The van der Waals surface area contributed by atoms with Gasteiger partial charge in [-0.15, -0.1) is 0 Å². The molecule has 0 aliphatic carbocycles. The molecule has 0 radical (unpaired) electrons. The van der Waals surface area contributed by atoms with E-state index in [1.807, 2.05) is 43.3 Å². The lowest BCUT2D eigenvalue weighted by Gasteiger charge is -2.11. The first kappa shape index (κ1) is 13.7. The maximum absolute atomic E-state index is 10.2. The summed E-state index contributed by atoms with van der Waals surface area (Å²) >= 11 is 0. The number of ether oxygens (including phenoxy) is 1. The van der Waals surface area contributed by atoms with Crippen LogP contribution in [0.25, 0.3) is 0 Å². The fraction of sp³-hybridized carbons (Fsp3) is 0.133. The Balaban J connectivity index is 2.06. The second kappa shape index (κ2) is 6.47. The number of hydrogen-bond acceptors (Lipinski definition) is 5. The van der Waals surface area contributed by atoms with Crippen molar-refractivity contribution < 1.29 is 9.53 Å². The third-order valence-corrected chi connectivity index (χ3v) is 2.67. The molecule has 0 bridgehead atoms. The van der Waals surface area contributed by atoms with Crippen LogP contribution in [-0.2, 0) is 4.79 Å². The van der Waals surface area contributed by atoms with Crippen molar-refractivity contribution in [3.8, 4) is 5.75 Å². The van der Waals surface area contributed by atoms with Crippen molar-refractivity contribution in [2.75, 3.05) is 19.0 Å². The van der Waals surface area contributed by atoms with Crippen LogP contribution < -0.4 is 9.64 Å². The van der Waals surface area contributed by atoms with Crippen molar-refractivity contribution in [1.82, 2.24) is 0 Å². The molecule has 0 aliphatic heterocycles. The molecular weight excluding hydrogens is 254 g/mol. The Labute approximate surface area is 117 Å². The molecule has 0 aliphatic rings. The first-order chi connectivity index (χ1) is 9.69. The minimum Gasteiger partial charge on any atom is -0.429 e. The van der Waals surface area contributed by atoms with Crippen LogP contribution >= 0.6 is 0 Å². The van der Waals surface area contributed by atoms with Gasteiger partial charge in [-0.05, 0) is 48.5 Å². The van der Waals surface area contributed by atoms with Crippen LogP contribution in [0.2, 0.25) is 0 Å². The standard InChI is InChI=1S/C15H15N3O2/c1-18(2)14-7-3-12(4-8-14)16-17-13-5-9-15(10-6-13)20-11-19/h3-11H,1-2H3. The highest BCUT2D eigenvalue weighted by atomic mass is 16.5. The summed E-state index contributed by atoms with van der Waals surface area (Å²) in [4.78, 5) is 12.2. The molecule has 0 fully saturated rings. The SMILES string of the molecule is CN(C)c1ccc(N=Nc2ccc(OC=O)cc2)cc1. The van der Waals surface area contributed by atoms with Crippen LogP contribution in [0.3, 0.4) is 0 Å². The van der Waals surface area contributed by atoms with E-state index in [9.17, 15) is 4.79 Å². The van der Waals surface area contributed by atoms with Crippen molar-refractivity contribution in [2.24, 2.45) is 10.2 Å². The van der Waals surface area contributed by atoms with Crippen LogP contribution in [0.1, 0.15) is 0 Å². The van der Waals surface area contributed by atoms with Gasteiger partial charge in [0, 0.05) is 19.8 Å². The minimum absolute atomic E-state index is 0.392. The third-order valence-electron chi connectivity index (χ3n) is 2.67.